The van der Waals surface area contributed by atoms with Gasteiger partial charge in [0, 0.05) is 18.7 Å². The molecule has 0 aliphatic heterocycles. The molecule has 1 rings (SSSR count). The fourth-order valence-electron chi connectivity index (χ4n) is 1.79. The molecule has 0 fully saturated rings. The number of nitrogens with one attached hydrogen (secondary N) is 2. The van der Waals surface area contributed by atoms with Crippen LogP contribution in [0.2, 0.25) is 0 Å². The van der Waals surface area contributed by atoms with E-state index >= 15 is 0 Å². The van der Waals surface area contributed by atoms with Crippen LogP contribution in [0.3, 0.4) is 0 Å². The number of nitrogens with zero attached hydrogens (tertiary/aromatic N) is 1. The van der Waals surface area contributed by atoms with E-state index in [9.17, 15) is 13.6 Å². The highest BCUT2D eigenvalue weighted by Gasteiger charge is 2.22. The van der Waals surface area contributed by atoms with Crippen molar-refractivity contribution in [3.05, 3.63) is 35.4 Å². The molecule has 112 valence electrons. The van der Waals surface area contributed by atoms with Gasteiger partial charge in [-0.1, -0.05) is 6.07 Å². The van der Waals surface area contributed by atoms with Gasteiger partial charge >= 0.3 is 6.03 Å². The SMILES string of the molecule is CN(C)C(CNC(=O)NCCO)c1c(F)cccc1F. The van der Waals surface area contributed by atoms with Gasteiger partial charge in [-0.15, -0.1) is 0 Å². The molecule has 1 unspecified atom stereocenters. The molecule has 1 aromatic carbocycles. The first kappa shape index (κ1) is 16.3. The number of benzene rings is 1. The number of aliphatic hydroxyl groups excluding tert-OH is 1. The fourth-order valence-corrected chi connectivity index (χ4v) is 1.79. The summed E-state index contributed by atoms with van der Waals surface area (Å²) in [4.78, 5) is 13.0. The molecular formula is C13H19F2N3O2. The van der Waals surface area contributed by atoms with Gasteiger partial charge in [-0.2, -0.15) is 0 Å². The number of halogens is 2. The summed E-state index contributed by atoms with van der Waals surface area (Å²) in [6.07, 6.45) is 0. The Hall–Kier alpha value is -1.73. The number of urea groups is 1. The molecule has 0 saturated heterocycles. The maximum atomic E-state index is 13.8. The van der Waals surface area contributed by atoms with Crippen LogP contribution in [0, 0.1) is 11.6 Å². The number of amides is 2. The van der Waals surface area contributed by atoms with Crippen LogP contribution in [0.25, 0.3) is 0 Å². The van der Waals surface area contributed by atoms with E-state index in [-0.39, 0.29) is 25.3 Å². The van der Waals surface area contributed by atoms with E-state index in [1.807, 2.05) is 0 Å². The summed E-state index contributed by atoms with van der Waals surface area (Å²) in [5, 5.41) is 13.5. The zero-order valence-electron chi connectivity index (χ0n) is 11.5. The Kier molecular flexibility index (Phi) is 6.33. The molecule has 20 heavy (non-hydrogen) atoms. The Balaban J connectivity index is 2.78. The summed E-state index contributed by atoms with van der Waals surface area (Å²) in [5.41, 5.74) is -0.0834. The lowest BCUT2D eigenvalue weighted by molar-refractivity contribution is 0.225. The minimum Gasteiger partial charge on any atom is -0.395 e. The molecule has 0 heterocycles. The zero-order valence-corrected chi connectivity index (χ0v) is 11.5. The van der Waals surface area contributed by atoms with Gasteiger partial charge in [-0.25, -0.2) is 13.6 Å². The van der Waals surface area contributed by atoms with Crippen LogP contribution in [0.1, 0.15) is 11.6 Å². The van der Waals surface area contributed by atoms with Gasteiger partial charge in [-0.05, 0) is 26.2 Å². The fraction of sp³-hybridized carbons (Fsp3) is 0.462. The Morgan fingerprint density at radius 1 is 1.30 bits per heavy atom. The van der Waals surface area contributed by atoms with E-state index in [0.717, 1.165) is 0 Å². The van der Waals surface area contributed by atoms with E-state index in [4.69, 9.17) is 5.11 Å². The second-order valence-corrected chi connectivity index (χ2v) is 4.48. The third-order valence-corrected chi connectivity index (χ3v) is 2.81. The summed E-state index contributed by atoms with van der Waals surface area (Å²) in [6.45, 7) is -0.0128. The minimum atomic E-state index is -0.652. The molecule has 3 N–H and O–H groups in total. The van der Waals surface area contributed by atoms with E-state index < -0.39 is 23.7 Å². The molecular weight excluding hydrogens is 268 g/mol. The lowest BCUT2D eigenvalue weighted by Crippen LogP contribution is -2.41. The van der Waals surface area contributed by atoms with Crippen molar-refractivity contribution < 1.29 is 18.7 Å². The third kappa shape index (κ3) is 4.43. The Labute approximate surface area is 116 Å². The number of hydrogen-bond donors (Lipinski definition) is 3. The average molecular weight is 287 g/mol. The Morgan fingerprint density at radius 3 is 2.40 bits per heavy atom. The van der Waals surface area contributed by atoms with Crippen molar-refractivity contribution in [2.24, 2.45) is 0 Å². The van der Waals surface area contributed by atoms with Gasteiger partial charge in [-0.3, -0.25) is 0 Å². The normalized spacial score (nSPS) is 12.3. The Bertz CT molecular complexity index is 435. The number of likely N-dealkylation sites (N-methyl/N-ethyl adjacent to an activating group) is 1. The van der Waals surface area contributed by atoms with Gasteiger partial charge in [0.05, 0.1) is 12.6 Å². The van der Waals surface area contributed by atoms with Crippen molar-refractivity contribution in [3.8, 4) is 0 Å². The van der Waals surface area contributed by atoms with Crippen LogP contribution < -0.4 is 10.6 Å². The standard InChI is InChI=1S/C13H19F2N3O2/c1-18(2)11(8-17-13(20)16-6-7-19)12-9(14)4-3-5-10(12)15/h3-5,11,19H,6-8H2,1-2H3,(H2,16,17,20). The molecule has 5 nitrogen and oxygen atoms in total. The quantitative estimate of drug-likeness (QED) is 0.727. The topological polar surface area (TPSA) is 64.6 Å². The molecule has 0 saturated carbocycles. The Morgan fingerprint density at radius 2 is 1.90 bits per heavy atom. The van der Waals surface area contributed by atoms with Gasteiger partial charge in [0.1, 0.15) is 11.6 Å². The lowest BCUT2D eigenvalue weighted by Gasteiger charge is -2.25. The molecule has 0 aliphatic carbocycles. The number of carbonyl (C=O) groups excluding carboxylic acids is 1. The third-order valence-electron chi connectivity index (χ3n) is 2.81. The van der Waals surface area contributed by atoms with Crippen molar-refractivity contribution in [3.63, 3.8) is 0 Å². The van der Waals surface area contributed by atoms with Crippen molar-refractivity contribution in [1.82, 2.24) is 15.5 Å². The van der Waals surface area contributed by atoms with E-state index in [1.165, 1.54) is 18.2 Å². The second-order valence-electron chi connectivity index (χ2n) is 4.48. The van der Waals surface area contributed by atoms with Crippen LogP contribution in [0.15, 0.2) is 18.2 Å². The summed E-state index contributed by atoms with van der Waals surface area (Å²) in [7, 11) is 3.34. The average Bonchev–Trinajstić information content (AvgIpc) is 2.39. The maximum absolute atomic E-state index is 13.8. The maximum Gasteiger partial charge on any atom is 0.314 e. The molecule has 0 aliphatic rings. The number of carbonyl (C=O) groups is 1. The largest absolute Gasteiger partial charge is 0.395 e. The molecule has 0 spiro atoms. The summed E-state index contributed by atoms with van der Waals surface area (Å²) >= 11 is 0. The van der Waals surface area contributed by atoms with Crippen LogP contribution in [0.4, 0.5) is 13.6 Å². The van der Waals surface area contributed by atoms with Gasteiger partial charge in [0.15, 0.2) is 0 Å². The number of aliphatic hydroxyl groups is 1. The van der Waals surface area contributed by atoms with Gasteiger partial charge < -0.3 is 20.6 Å². The summed E-state index contributed by atoms with van der Waals surface area (Å²) < 4.78 is 27.5. The molecule has 0 radical (unpaired) electrons. The first-order valence-corrected chi connectivity index (χ1v) is 6.20. The van der Waals surface area contributed by atoms with Crippen LogP contribution >= 0.6 is 0 Å². The molecule has 7 heteroatoms. The highest BCUT2D eigenvalue weighted by molar-refractivity contribution is 5.73. The zero-order chi connectivity index (χ0) is 15.1. The molecule has 0 aromatic heterocycles. The number of hydrogen-bond acceptors (Lipinski definition) is 3. The van der Waals surface area contributed by atoms with Crippen molar-refractivity contribution in [1.29, 1.82) is 0 Å². The van der Waals surface area contributed by atoms with Gasteiger partial charge in [0.2, 0.25) is 0 Å². The minimum absolute atomic E-state index is 0.0438. The van der Waals surface area contributed by atoms with Crippen molar-refractivity contribution in [2.45, 2.75) is 6.04 Å². The van der Waals surface area contributed by atoms with E-state index in [0.29, 0.717) is 0 Å². The smallest absolute Gasteiger partial charge is 0.314 e. The molecule has 2 amide bonds. The van der Waals surface area contributed by atoms with Crippen molar-refractivity contribution >= 4 is 6.03 Å². The summed E-state index contributed by atoms with van der Waals surface area (Å²) in [6, 6.07) is 2.53. The van der Waals surface area contributed by atoms with Gasteiger partial charge in [0.25, 0.3) is 0 Å². The van der Waals surface area contributed by atoms with E-state index in [2.05, 4.69) is 10.6 Å². The summed E-state index contributed by atoms with van der Waals surface area (Å²) in [5.74, 6) is -1.30. The van der Waals surface area contributed by atoms with Crippen molar-refractivity contribution in [2.75, 3.05) is 33.8 Å². The molecule has 1 atom stereocenters. The molecule has 1 aromatic rings. The van der Waals surface area contributed by atoms with Crippen LogP contribution in [-0.2, 0) is 0 Å². The van der Waals surface area contributed by atoms with E-state index in [1.54, 1.807) is 19.0 Å². The predicted octanol–water partition coefficient (Wildman–Crippen LogP) is 0.859. The van der Waals surface area contributed by atoms with Crippen LogP contribution in [-0.4, -0.2) is 49.8 Å². The molecule has 0 bridgehead atoms. The van der Waals surface area contributed by atoms with Crippen LogP contribution in [0.5, 0.6) is 0 Å². The predicted molar refractivity (Wildman–Crippen MR) is 71.3 cm³/mol. The monoisotopic (exact) mass is 287 g/mol. The first-order valence-electron chi connectivity index (χ1n) is 6.20. The first-order chi connectivity index (χ1) is 9.47. The number of rotatable bonds is 6. The lowest BCUT2D eigenvalue weighted by atomic mass is 10.0. The highest BCUT2D eigenvalue weighted by Crippen LogP contribution is 2.23. The second kappa shape index (κ2) is 7.76. The highest BCUT2D eigenvalue weighted by atomic mass is 19.1.